The van der Waals surface area contributed by atoms with Gasteiger partial charge in [-0.05, 0) is 103 Å². The maximum Gasteiger partial charge on any atom is 0.418 e. The lowest BCUT2D eigenvalue weighted by Crippen LogP contribution is -2.27. The number of hydrogen-bond acceptors (Lipinski definition) is 6. The molecule has 0 bridgehead atoms. The Morgan fingerprint density at radius 3 is 1.25 bits per heavy atom. The molecule has 0 saturated carbocycles. The number of ether oxygens (including phenoxy) is 2. The van der Waals surface area contributed by atoms with Crippen molar-refractivity contribution in [3.63, 3.8) is 0 Å². The Balaban J connectivity index is 1.30. The summed E-state index contributed by atoms with van der Waals surface area (Å²) in [5, 5.41) is 1.96. The van der Waals surface area contributed by atoms with Crippen molar-refractivity contribution in [3.8, 4) is 45.0 Å². The number of rotatable bonds is 4. The zero-order valence-electron chi connectivity index (χ0n) is 30.8. The van der Waals surface area contributed by atoms with E-state index in [-0.39, 0.29) is 0 Å². The molecule has 7 aromatic rings. The first kappa shape index (κ1) is 34.4. The molecule has 0 unspecified atom stereocenters. The molecule has 8 heteroatoms. The van der Waals surface area contributed by atoms with Crippen LogP contribution in [0.25, 0.3) is 66.8 Å². The second-order valence-electron chi connectivity index (χ2n) is 15.0. The van der Waals surface area contributed by atoms with Crippen LogP contribution in [0.3, 0.4) is 0 Å². The van der Waals surface area contributed by atoms with Crippen molar-refractivity contribution in [1.29, 1.82) is 0 Å². The third-order valence-corrected chi connectivity index (χ3v) is 8.97. The van der Waals surface area contributed by atoms with Crippen LogP contribution in [0, 0.1) is 13.8 Å². The Bertz CT molecular complexity index is 2330. The molecular formula is C44H42N4O4. The summed E-state index contributed by atoms with van der Waals surface area (Å²) in [6.07, 6.45) is 2.62. The molecule has 0 aliphatic carbocycles. The van der Waals surface area contributed by atoms with E-state index in [1.54, 1.807) is 21.5 Å². The van der Waals surface area contributed by atoms with Crippen LogP contribution in [-0.2, 0) is 9.47 Å². The van der Waals surface area contributed by atoms with Crippen LogP contribution in [0.5, 0.6) is 0 Å². The molecule has 7 rings (SSSR count). The molecule has 0 amide bonds. The van der Waals surface area contributed by atoms with E-state index in [1.807, 2.05) is 102 Å². The molecule has 3 aromatic carbocycles. The molecule has 4 heterocycles. The molecule has 52 heavy (non-hydrogen) atoms. The van der Waals surface area contributed by atoms with Gasteiger partial charge in [-0.1, -0.05) is 60.7 Å². The van der Waals surface area contributed by atoms with Gasteiger partial charge in [0.1, 0.15) is 11.2 Å². The first-order chi connectivity index (χ1) is 24.7. The highest BCUT2D eigenvalue weighted by Gasteiger charge is 2.23. The maximum absolute atomic E-state index is 13.1. The number of benzene rings is 3. The zero-order chi connectivity index (χ0) is 36.9. The van der Waals surface area contributed by atoms with Gasteiger partial charge < -0.3 is 9.47 Å². The summed E-state index contributed by atoms with van der Waals surface area (Å²) < 4.78 is 14.5. The fourth-order valence-corrected chi connectivity index (χ4v) is 6.59. The van der Waals surface area contributed by atoms with E-state index < -0.39 is 23.4 Å². The summed E-state index contributed by atoms with van der Waals surface area (Å²) in [7, 11) is 0. The average molecular weight is 691 g/mol. The summed E-state index contributed by atoms with van der Waals surface area (Å²) in [6, 6.07) is 32.0. The summed E-state index contributed by atoms with van der Waals surface area (Å²) in [4.78, 5) is 36.6. The molecule has 8 nitrogen and oxygen atoms in total. The van der Waals surface area contributed by atoms with Gasteiger partial charge in [0.25, 0.3) is 0 Å². The third kappa shape index (κ3) is 6.60. The number of hydrogen-bond donors (Lipinski definition) is 0. The van der Waals surface area contributed by atoms with Crippen molar-refractivity contribution in [3.05, 3.63) is 121 Å². The second-order valence-corrected chi connectivity index (χ2v) is 15.0. The smallest absolute Gasteiger partial charge is 0.418 e. The van der Waals surface area contributed by atoms with Gasteiger partial charge in [0.05, 0.1) is 33.8 Å². The first-order valence-electron chi connectivity index (χ1n) is 17.4. The van der Waals surface area contributed by atoms with Gasteiger partial charge in [-0.2, -0.15) is 0 Å². The molecule has 0 aliphatic rings. The molecular weight excluding hydrogens is 649 g/mol. The van der Waals surface area contributed by atoms with Gasteiger partial charge in [-0.15, -0.1) is 0 Å². The van der Waals surface area contributed by atoms with Crippen LogP contribution in [0.1, 0.15) is 52.7 Å². The van der Waals surface area contributed by atoms with E-state index in [0.717, 1.165) is 78.0 Å². The van der Waals surface area contributed by atoms with Crippen molar-refractivity contribution in [2.24, 2.45) is 0 Å². The highest BCUT2D eigenvalue weighted by Crippen LogP contribution is 2.36. The highest BCUT2D eigenvalue weighted by atomic mass is 16.6. The number of pyridine rings is 2. The highest BCUT2D eigenvalue weighted by molar-refractivity contribution is 6.04. The lowest BCUT2D eigenvalue weighted by Gasteiger charge is -2.21. The van der Waals surface area contributed by atoms with Gasteiger partial charge in [0, 0.05) is 45.4 Å². The summed E-state index contributed by atoms with van der Waals surface area (Å²) in [5.41, 5.74) is 9.23. The van der Waals surface area contributed by atoms with Gasteiger partial charge in [-0.25, -0.2) is 19.6 Å². The molecule has 0 spiro atoms. The van der Waals surface area contributed by atoms with Crippen LogP contribution in [0.15, 0.2) is 109 Å². The maximum atomic E-state index is 13.1. The number of carbonyl (C=O) groups is 2. The van der Waals surface area contributed by atoms with E-state index >= 15 is 0 Å². The molecule has 0 N–H and O–H groups in total. The fourth-order valence-electron chi connectivity index (χ4n) is 6.59. The van der Waals surface area contributed by atoms with Gasteiger partial charge in [0.2, 0.25) is 0 Å². The van der Waals surface area contributed by atoms with E-state index in [2.05, 4.69) is 50.2 Å². The van der Waals surface area contributed by atoms with E-state index in [4.69, 9.17) is 19.4 Å². The molecule has 4 aromatic heterocycles. The molecule has 0 saturated heterocycles. The van der Waals surface area contributed by atoms with Crippen LogP contribution in [0.2, 0.25) is 0 Å². The van der Waals surface area contributed by atoms with E-state index in [1.165, 1.54) is 0 Å². The molecule has 262 valence electrons. The topological polar surface area (TPSA) is 88.2 Å². The largest absolute Gasteiger partial charge is 0.443 e. The monoisotopic (exact) mass is 690 g/mol. The Hall–Kier alpha value is -6.02. The third-order valence-electron chi connectivity index (χ3n) is 8.97. The number of nitrogens with zero attached hydrogens (tertiary/aromatic N) is 4. The molecule has 0 fully saturated rings. The zero-order valence-corrected chi connectivity index (χ0v) is 30.8. The first-order valence-corrected chi connectivity index (χ1v) is 17.4. The quantitative estimate of drug-likeness (QED) is 0.171. The lowest BCUT2D eigenvalue weighted by molar-refractivity contribution is 0.0528. The van der Waals surface area contributed by atoms with Gasteiger partial charge >= 0.3 is 12.2 Å². The van der Waals surface area contributed by atoms with Crippen molar-refractivity contribution in [2.75, 3.05) is 0 Å². The van der Waals surface area contributed by atoms with Crippen LogP contribution in [-0.4, -0.2) is 42.5 Å². The lowest BCUT2D eigenvalue weighted by atomic mass is 9.96. The Kier molecular flexibility index (Phi) is 8.57. The molecule has 0 atom stereocenters. The average Bonchev–Trinajstić information content (AvgIpc) is 3.78. The summed E-state index contributed by atoms with van der Waals surface area (Å²) >= 11 is 0. The fraction of sp³-hybridized carbons (Fsp3) is 0.227. The minimum Gasteiger partial charge on any atom is -0.443 e. The second kappa shape index (κ2) is 12.9. The van der Waals surface area contributed by atoms with Crippen LogP contribution >= 0.6 is 0 Å². The predicted molar refractivity (Wildman–Crippen MR) is 208 cm³/mol. The Labute approximate surface area is 303 Å². The molecule has 0 radical (unpaired) electrons. The predicted octanol–water partition coefficient (Wildman–Crippen LogP) is 11.2. The Morgan fingerprint density at radius 2 is 0.865 bits per heavy atom. The normalized spacial score (nSPS) is 12.0. The van der Waals surface area contributed by atoms with E-state index in [9.17, 15) is 9.59 Å². The number of aromatic nitrogens is 4. The van der Waals surface area contributed by atoms with Crippen molar-refractivity contribution in [1.82, 2.24) is 19.1 Å². The van der Waals surface area contributed by atoms with Crippen molar-refractivity contribution >= 4 is 34.0 Å². The Morgan fingerprint density at radius 1 is 0.500 bits per heavy atom. The summed E-state index contributed by atoms with van der Waals surface area (Å²) in [6.45, 7) is 15.3. The molecule has 0 aliphatic heterocycles. The number of fused-ring (bicyclic) bond motifs is 3. The van der Waals surface area contributed by atoms with E-state index in [0.29, 0.717) is 0 Å². The minimum atomic E-state index is -0.614. The van der Waals surface area contributed by atoms with Gasteiger partial charge in [-0.3, -0.25) is 9.13 Å². The SMILES string of the molecule is Cc1c(-c2ccc3ccc4ccc(-c5cccc(-c6cccn6C(=O)OC(C)(C)C)c5C)nc4c3n2)cccc1-c1cccn1C(=O)OC(C)(C)C. The standard InChI is InChI=1S/C44H42N4O4/c1-27-31(13-9-15-33(27)37-17-11-25-47(37)41(49)51-43(3,4)5)35-23-21-29-19-20-30-22-24-36(46-40(30)39(29)45-35)32-14-10-16-34(28(32)2)38-18-12-26-48(38)42(50)52-44(6,7)8/h9-26H,1-8H3. The minimum absolute atomic E-state index is 0.424. The van der Waals surface area contributed by atoms with Gasteiger partial charge in [0.15, 0.2) is 0 Å². The van der Waals surface area contributed by atoms with Crippen molar-refractivity contribution in [2.45, 2.75) is 66.6 Å². The van der Waals surface area contributed by atoms with Crippen LogP contribution in [0.4, 0.5) is 9.59 Å². The number of carbonyl (C=O) groups excluding carboxylic acids is 2. The summed E-state index contributed by atoms with van der Waals surface area (Å²) in [5.74, 6) is 0. The van der Waals surface area contributed by atoms with Crippen LogP contribution < -0.4 is 0 Å². The van der Waals surface area contributed by atoms with Crippen molar-refractivity contribution < 1.29 is 19.1 Å².